The van der Waals surface area contributed by atoms with Crippen molar-refractivity contribution in [1.29, 1.82) is 0 Å². The summed E-state index contributed by atoms with van der Waals surface area (Å²) in [6.45, 7) is 11.3. The van der Waals surface area contributed by atoms with E-state index in [0.717, 1.165) is 38.5 Å². The number of hydrogen-bond donors (Lipinski definition) is 4. The molecule has 0 saturated carbocycles. The number of nitrogens with one attached hydrogen (secondary N) is 4. The zero-order valence-corrected chi connectivity index (χ0v) is 17.0. The number of benzene rings is 1. The number of rotatable bonds is 8. The predicted molar refractivity (Wildman–Crippen MR) is 104 cm³/mol. The molecule has 0 bridgehead atoms. The molecule has 0 aliphatic carbocycles. The minimum absolute atomic E-state index is 0.0504. The van der Waals surface area contributed by atoms with Gasteiger partial charge in [0.15, 0.2) is 6.54 Å². The summed E-state index contributed by atoms with van der Waals surface area (Å²) in [6, 6.07) is 6.38. The largest absolute Gasteiger partial charge is 0.496 e. The van der Waals surface area contributed by atoms with E-state index < -0.39 is 0 Å². The van der Waals surface area contributed by atoms with E-state index in [4.69, 9.17) is 4.74 Å². The summed E-state index contributed by atoms with van der Waals surface area (Å²) < 4.78 is 5.48. The Balaban J connectivity index is 1.73. The van der Waals surface area contributed by atoms with Gasteiger partial charge in [-0.15, -0.1) is 0 Å². The fourth-order valence-electron chi connectivity index (χ4n) is 3.47. The number of carbonyl (C=O) groups is 2. The number of quaternary nitrogens is 2. The fourth-order valence-corrected chi connectivity index (χ4v) is 3.47. The summed E-state index contributed by atoms with van der Waals surface area (Å²) >= 11 is 0. The fraction of sp³-hybridized carbons (Fsp3) is 0.600. The van der Waals surface area contributed by atoms with Crippen molar-refractivity contribution in [2.75, 3.05) is 46.4 Å². The Labute approximate surface area is 162 Å². The second-order valence-corrected chi connectivity index (χ2v) is 7.67. The molecule has 0 spiro atoms. The van der Waals surface area contributed by atoms with Crippen LogP contribution < -0.4 is 25.2 Å². The average Bonchev–Trinajstić information content (AvgIpc) is 2.61. The van der Waals surface area contributed by atoms with Crippen LogP contribution in [0.5, 0.6) is 5.75 Å². The van der Waals surface area contributed by atoms with Crippen LogP contribution in [0.15, 0.2) is 18.2 Å². The van der Waals surface area contributed by atoms with Crippen LogP contribution in [0.2, 0.25) is 0 Å². The standard InChI is InChI=1S/C20H32N4O3/c1-15(2)22-19(25)12-21-20(26)14-24-9-7-23(8-10-24)13-17-11-16(3)5-6-18(17)27-4/h5-6,11,15H,7-10,12-14H2,1-4H3,(H,21,26)(H,22,25)/p+2. The van der Waals surface area contributed by atoms with Gasteiger partial charge in [-0.25, -0.2) is 0 Å². The van der Waals surface area contributed by atoms with Crippen LogP contribution in [-0.4, -0.2) is 64.2 Å². The first-order valence-electron chi connectivity index (χ1n) is 9.74. The Morgan fingerprint density at radius 3 is 2.41 bits per heavy atom. The van der Waals surface area contributed by atoms with Gasteiger partial charge in [-0.3, -0.25) is 9.59 Å². The van der Waals surface area contributed by atoms with Crippen molar-refractivity contribution < 1.29 is 24.1 Å². The number of hydrogen-bond acceptors (Lipinski definition) is 3. The average molecular weight is 379 g/mol. The molecule has 4 N–H and O–H groups in total. The van der Waals surface area contributed by atoms with Crippen molar-refractivity contribution in [2.45, 2.75) is 33.4 Å². The summed E-state index contributed by atoms with van der Waals surface area (Å²) in [5, 5.41) is 5.48. The third kappa shape index (κ3) is 7.19. The van der Waals surface area contributed by atoms with Gasteiger partial charge in [0, 0.05) is 11.6 Å². The van der Waals surface area contributed by atoms with Gasteiger partial charge in [-0.2, -0.15) is 0 Å². The Bertz CT molecular complexity index is 640. The lowest BCUT2D eigenvalue weighted by molar-refractivity contribution is -1.02. The maximum atomic E-state index is 12.1. The number of piperazine rings is 1. The third-order valence-electron chi connectivity index (χ3n) is 4.85. The Kier molecular flexibility index (Phi) is 8.06. The second-order valence-electron chi connectivity index (χ2n) is 7.67. The number of carbonyl (C=O) groups excluding carboxylic acids is 2. The van der Waals surface area contributed by atoms with Gasteiger partial charge in [0.2, 0.25) is 5.91 Å². The highest BCUT2D eigenvalue weighted by molar-refractivity contribution is 5.85. The van der Waals surface area contributed by atoms with Crippen LogP contribution in [0.4, 0.5) is 0 Å². The summed E-state index contributed by atoms with van der Waals surface area (Å²) in [5.74, 6) is 0.740. The van der Waals surface area contributed by atoms with Crippen LogP contribution in [0.25, 0.3) is 0 Å². The van der Waals surface area contributed by atoms with Gasteiger partial charge < -0.3 is 25.2 Å². The quantitative estimate of drug-likeness (QED) is 0.420. The van der Waals surface area contributed by atoms with E-state index in [1.807, 2.05) is 19.9 Å². The van der Waals surface area contributed by atoms with Crippen molar-refractivity contribution >= 4 is 11.8 Å². The van der Waals surface area contributed by atoms with Gasteiger partial charge in [-0.1, -0.05) is 11.6 Å². The van der Waals surface area contributed by atoms with Crippen molar-refractivity contribution in [1.82, 2.24) is 10.6 Å². The van der Waals surface area contributed by atoms with Crippen LogP contribution >= 0.6 is 0 Å². The molecular formula is C20H34N4O3+2. The summed E-state index contributed by atoms with van der Waals surface area (Å²) in [7, 11) is 1.71. The summed E-state index contributed by atoms with van der Waals surface area (Å²) in [6.07, 6.45) is 0. The number of methoxy groups -OCH3 is 1. The molecule has 2 rings (SSSR count). The molecule has 0 aromatic heterocycles. The first-order valence-corrected chi connectivity index (χ1v) is 9.74. The monoisotopic (exact) mass is 378 g/mol. The van der Waals surface area contributed by atoms with E-state index >= 15 is 0 Å². The van der Waals surface area contributed by atoms with Gasteiger partial charge in [0.25, 0.3) is 5.91 Å². The van der Waals surface area contributed by atoms with E-state index in [2.05, 4.69) is 29.7 Å². The molecule has 7 nitrogen and oxygen atoms in total. The Morgan fingerprint density at radius 2 is 1.78 bits per heavy atom. The Morgan fingerprint density at radius 1 is 1.11 bits per heavy atom. The molecule has 1 fully saturated rings. The minimum atomic E-state index is -0.144. The first-order chi connectivity index (χ1) is 12.9. The molecule has 2 amide bonds. The van der Waals surface area contributed by atoms with Crippen LogP contribution in [0.3, 0.4) is 0 Å². The SMILES string of the molecule is COc1ccc(C)cc1C[NH+]1CC[NH+](CC(=O)NCC(=O)NC(C)C)CC1. The molecule has 1 aromatic carbocycles. The Hall–Kier alpha value is -2.12. The highest BCUT2D eigenvalue weighted by atomic mass is 16.5. The van der Waals surface area contributed by atoms with E-state index in [9.17, 15) is 9.59 Å². The van der Waals surface area contributed by atoms with Crippen LogP contribution in [-0.2, 0) is 16.1 Å². The molecule has 1 aliphatic rings. The number of amides is 2. The highest BCUT2D eigenvalue weighted by Gasteiger charge is 2.25. The zero-order chi connectivity index (χ0) is 19.8. The van der Waals surface area contributed by atoms with Crippen molar-refractivity contribution in [2.24, 2.45) is 0 Å². The maximum absolute atomic E-state index is 12.1. The lowest BCUT2D eigenvalue weighted by Crippen LogP contribution is -3.28. The minimum Gasteiger partial charge on any atom is -0.496 e. The molecule has 7 heteroatoms. The molecular weight excluding hydrogens is 344 g/mol. The van der Waals surface area contributed by atoms with Gasteiger partial charge in [0.1, 0.15) is 38.5 Å². The van der Waals surface area contributed by atoms with Gasteiger partial charge in [0.05, 0.1) is 13.7 Å². The van der Waals surface area contributed by atoms with Crippen LogP contribution in [0, 0.1) is 6.92 Å². The lowest BCUT2D eigenvalue weighted by atomic mass is 10.1. The molecule has 1 heterocycles. The lowest BCUT2D eigenvalue weighted by Gasteiger charge is -2.29. The zero-order valence-electron chi connectivity index (χ0n) is 17.0. The summed E-state index contributed by atoms with van der Waals surface area (Å²) in [4.78, 5) is 26.4. The van der Waals surface area contributed by atoms with Gasteiger partial charge in [-0.05, 0) is 32.9 Å². The van der Waals surface area contributed by atoms with E-state index in [-0.39, 0.29) is 24.4 Å². The van der Waals surface area contributed by atoms with Crippen molar-refractivity contribution in [3.05, 3.63) is 29.3 Å². The molecule has 0 atom stereocenters. The predicted octanol–water partition coefficient (Wildman–Crippen LogP) is -2.07. The molecule has 1 aliphatic heterocycles. The molecule has 1 saturated heterocycles. The van der Waals surface area contributed by atoms with Crippen LogP contribution in [0.1, 0.15) is 25.0 Å². The van der Waals surface area contributed by atoms with E-state index in [1.165, 1.54) is 20.9 Å². The van der Waals surface area contributed by atoms with Gasteiger partial charge >= 0.3 is 0 Å². The van der Waals surface area contributed by atoms with E-state index in [1.54, 1.807) is 7.11 Å². The second kappa shape index (κ2) is 10.3. The topological polar surface area (TPSA) is 76.3 Å². The third-order valence-corrected chi connectivity index (χ3v) is 4.85. The summed E-state index contributed by atoms with van der Waals surface area (Å²) in [5.41, 5.74) is 2.48. The molecule has 0 unspecified atom stereocenters. The molecule has 0 radical (unpaired) electrons. The van der Waals surface area contributed by atoms with Crippen molar-refractivity contribution in [3.63, 3.8) is 0 Å². The van der Waals surface area contributed by atoms with E-state index in [0.29, 0.717) is 6.54 Å². The molecule has 150 valence electrons. The van der Waals surface area contributed by atoms with Crippen molar-refractivity contribution in [3.8, 4) is 5.75 Å². The maximum Gasteiger partial charge on any atom is 0.275 e. The molecule has 1 aromatic rings. The number of aryl methyl sites for hydroxylation is 1. The highest BCUT2D eigenvalue weighted by Crippen LogP contribution is 2.18. The number of ether oxygens (including phenoxy) is 1. The molecule has 27 heavy (non-hydrogen) atoms. The first kappa shape index (κ1) is 21.2. The smallest absolute Gasteiger partial charge is 0.275 e. The normalized spacial score (nSPS) is 19.6.